The summed E-state index contributed by atoms with van der Waals surface area (Å²) >= 11 is 12.3. The molecule has 1 aromatic rings. The van der Waals surface area contributed by atoms with Crippen molar-refractivity contribution in [1.82, 2.24) is 5.32 Å². The van der Waals surface area contributed by atoms with Gasteiger partial charge in [0.1, 0.15) is 10.8 Å². The zero-order chi connectivity index (χ0) is 15.5. The van der Waals surface area contributed by atoms with Crippen LogP contribution in [0.15, 0.2) is 18.2 Å². The van der Waals surface area contributed by atoms with Gasteiger partial charge in [0.2, 0.25) is 0 Å². The molecule has 2 saturated heterocycles. The first-order chi connectivity index (χ1) is 10.7. The van der Waals surface area contributed by atoms with Crippen LogP contribution in [0.2, 0.25) is 10.0 Å². The SMILES string of the molecule is CCCC[C@@H]1CC2CCC(N2)[C@H]1COc1cccc(Cl)c1Cl. The van der Waals surface area contributed by atoms with Crippen LogP contribution in [-0.4, -0.2) is 18.7 Å². The van der Waals surface area contributed by atoms with Gasteiger partial charge in [0.15, 0.2) is 0 Å². The van der Waals surface area contributed by atoms with E-state index in [4.69, 9.17) is 27.9 Å². The van der Waals surface area contributed by atoms with Gasteiger partial charge in [-0.25, -0.2) is 0 Å². The van der Waals surface area contributed by atoms with Crippen molar-refractivity contribution in [1.29, 1.82) is 0 Å². The molecule has 2 heterocycles. The number of unbranched alkanes of at least 4 members (excludes halogenated alkanes) is 1. The third-order valence-corrected chi connectivity index (χ3v) is 6.06. The highest BCUT2D eigenvalue weighted by molar-refractivity contribution is 6.42. The first-order valence-electron chi connectivity index (χ1n) is 8.52. The monoisotopic (exact) mass is 341 g/mol. The fourth-order valence-electron chi connectivity index (χ4n) is 4.07. The molecule has 2 nitrogen and oxygen atoms in total. The molecule has 2 aliphatic heterocycles. The Balaban J connectivity index is 1.66. The van der Waals surface area contributed by atoms with Gasteiger partial charge in [0.25, 0.3) is 0 Å². The molecule has 0 aliphatic carbocycles. The normalized spacial score (nSPS) is 30.5. The summed E-state index contributed by atoms with van der Waals surface area (Å²) in [6.45, 7) is 3.01. The number of fused-ring (bicyclic) bond motifs is 2. The predicted octanol–water partition coefficient (Wildman–Crippen LogP) is 5.32. The summed E-state index contributed by atoms with van der Waals surface area (Å²) in [4.78, 5) is 0. The zero-order valence-electron chi connectivity index (χ0n) is 13.2. The molecule has 0 amide bonds. The highest BCUT2D eigenvalue weighted by atomic mass is 35.5. The summed E-state index contributed by atoms with van der Waals surface area (Å²) in [6, 6.07) is 6.94. The fraction of sp³-hybridized carbons (Fsp3) is 0.667. The zero-order valence-corrected chi connectivity index (χ0v) is 14.7. The van der Waals surface area contributed by atoms with Crippen molar-refractivity contribution < 1.29 is 4.74 Å². The van der Waals surface area contributed by atoms with Crippen LogP contribution >= 0.6 is 23.2 Å². The number of piperidine rings is 1. The van der Waals surface area contributed by atoms with E-state index in [0.29, 0.717) is 27.8 Å². The third-order valence-electron chi connectivity index (χ3n) is 5.26. The Hall–Kier alpha value is -0.440. The van der Waals surface area contributed by atoms with Gasteiger partial charge in [-0.05, 0) is 43.7 Å². The lowest BCUT2D eigenvalue weighted by Crippen LogP contribution is -2.47. The second-order valence-electron chi connectivity index (χ2n) is 6.71. The Morgan fingerprint density at radius 3 is 2.95 bits per heavy atom. The van der Waals surface area contributed by atoms with Crippen molar-refractivity contribution in [3.63, 3.8) is 0 Å². The van der Waals surface area contributed by atoms with Gasteiger partial charge >= 0.3 is 0 Å². The van der Waals surface area contributed by atoms with E-state index in [1.54, 1.807) is 6.07 Å². The third kappa shape index (κ3) is 3.55. The second kappa shape index (κ2) is 7.42. The molecule has 122 valence electrons. The fourth-order valence-corrected chi connectivity index (χ4v) is 4.42. The van der Waals surface area contributed by atoms with Crippen LogP contribution in [0, 0.1) is 11.8 Å². The Morgan fingerprint density at radius 2 is 2.14 bits per heavy atom. The molecular weight excluding hydrogens is 317 g/mol. The Bertz CT molecular complexity index is 508. The maximum Gasteiger partial charge on any atom is 0.139 e. The van der Waals surface area contributed by atoms with E-state index in [1.807, 2.05) is 12.1 Å². The van der Waals surface area contributed by atoms with Crippen molar-refractivity contribution >= 4 is 23.2 Å². The minimum absolute atomic E-state index is 0.530. The van der Waals surface area contributed by atoms with Crippen LogP contribution in [0.4, 0.5) is 0 Å². The first kappa shape index (κ1) is 16.4. The van der Waals surface area contributed by atoms with Crippen molar-refractivity contribution in [2.24, 2.45) is 11.8 Å². The molecule has 2 aliphatic rings. The predicted molar refractivity (Wildman–Crippen MR) is 93.0 cm³/mol. The Morgan fingerprint density at radius 1 is 1.27 bits per heavy atom. The average Bonchev–Trinajstić information content (AvgIpc) is 2.91. The van der Waals surface area contributed by atoms with Gasteiger partial charge in [0.05, 0.1) is 11.6 Å². The highest BCUT2D eigenvalue weighted by Crippen LogP contribution is 2.39. The standard InChI is InChI=1S/C18H25Cl2NO/c1-2-3-5-12-10-13-8-9-16(21-13)14(12)11-22-17-7-4-6-15(19)18(17)20/h4,6-7,12-14,16,21H,2-3,5,8-11H2,1H3/t12-,13?,14+,16?/m1/s1. The highest BCUT2D eigenvalue weighted by Gasteiger charge is 2.41. The quantitative estimate of drug-likeness (QED) is 0.755. The van der Waals surface area contributed by atoms with Crippen LogP contribution in [0.25, 0.3) is 0 Å². The number of halogens is 2. The summed E-state index contributed by atoms with van der Waals surface area (Å²) in [6.07, 6.45) is 7.81. The Kier molecular flexibility index (Phi) is 5.54. The summed E-state index contributed by atoms with van der Waals surface area (Å²) in [5, 5.41) is 4.86. The van der Waals surface area contributed by atoms with E-state index in [9.17, 15) is 0 Å². The molecule has 4 atom stereocenters. The molecule has 0 saturated carbocycles. The smallest absolute Gasteiger partial charge is 0.139 e. The number of benzene rings is 1. The molecule has 22 heavy (non-hydrogen) atoms. The van der Waals surface area contributed by atoms with E-state index in [1.165, 1.54) is 38.5 Å². The molecule has 0 radical (unpaired) electrons. The van der Waals surface area contributed by atoms with Crippen LogP contribution in [0.3, 0.4) is 0 Å². The number of hydrogen-bond acceptors (Lipinski definition) is 2. The minimum Gasteiger partial charge on any atom is -0.492 e. The lowest BCUT2D eigenvalue weighted by molar-refractivity contribution is 0.115. The maximum atomic E-state index is 6.24. The number of rotatable bonds is 6. The Labute approximate surface area is 143 Å². The second-order valence-corrected chi connectivity index (χ2v) is 7.50. The van der Waals surface area contributed by atoms with E-state index in [0.717, 1.165) is 18.6 Å². The van der Waals surface area contributed by atoms with Crippen LogP contribution in [-0.2, 0) is 0 Å². The molecule has 0 spiro atoms. The van der Waals surface area contributed by atoms with E-state index < -0.39 is 0 Å². The largest absolute Gasteiger partial charge is 0.492 e. The lowest BCUT2D eigenvalue weighted by atomic mass is 9.79. The molecule has 0 aromatic heterocycles. The molecule has 1 aromatic carbocycles. The maximum absolute atomic E-state index is 6.24. The minimum atomic E-state index is 0.530. The van der Waals surface area contributed by atoms with Gasteiger partial charge < -0.3 is 10.1 Å². The molecule has 3 rings (SSSR count). The number of nitrogens with one attached hydrogen (secondary N) is 1. The molecular formula is C18H25Cl2NO. The summed E-state index contributed by atoms with van der Waals surface area (Å²) in [7, 11) is 0. The first-order valence-corrected chi connectivity index (χ1v) is 9.27. The van der Waals surface area contributed by atoms with Crippen LogP contribution in [0.5, 0.6) is 5.75 Å². The topological polar surface area (TPSA) is 21.3 Å². The lowest BCUT2D eigenvalue weighted by Gasteiger charge is -2.37. The van der Waals surface area contributed by atoms with Gasteiger partial charge in [-0.1, -0.05) is 49.0 Å². The van der Waals surface area contributed by atoms with Crippen molar-refractivity contribution in [2.75, 3.05) is 6.61 Å². The van der Waals surface area contributed by atoms with Gasteiger partial charge in [-0.3, -0.25) is 0 Å². The van der Waals surface area contributed by atoms with Gasteiger partial charge in [-0.2, -0.15) is 0 Å². The molecule has 2 bridgehead atoms. The van der Waals surface area contributed by atoms with Gasteiger partial charge in [-0.15, -0.1) is 0 Å². The van der Waals surface area contributed by atoms with Crippen LogP contribution in [0.1, 0.15) is 45.4 Å². The van der Waals surface area contributed by atoms with E-state index in [2.05, 4.69) is 12.2 Å². The van der Waals surface area contributed by atoms with Crippen molar-refractivity contribution in [3.8, 4) is 5.75 Å². The van der Waals surface area contributed by atoms with Gasteiger partial charge in [0, 0.05) is 18.0 Å². The summed E-state index contributed by atoms with van der Waals surface area (Å²) in [5.41, 5.74) is 0. The number of hydrogen-bond donors (Lipinski definition) is 1. The van der Waals surface area contributed by atoms with E-state index in [-0.39, 0.29) is 0 Å². The van der Waals surface area contributed by atoms with Crippen molar-refractivity contribution in [2.45, 2.75) is 57.5 Å². The molecule has 2 unspecified atom stereocenters. The van der Waals surface area contributed by atoms with Crippen molar-refractivity contribution in [3.05, 3.63) is 28.2 Å². The molecule has 4 heteroatoms. The van der Waals surface area contributed by atoms with Crippen LogP contribution < -0.4 is 10.1 Å². The summed E-state index contributed by atoms with van der Waals surface area (Å²) in [5.74, 6) is 2.07. The number of ether oxygens (including phenoxy) is 1. The molecule has 1 N–H and O–H groups in total. The summed E-state index contributed by atoms with van der Waals surface area (Å²) < 4.78 is 6.06. The van der Waals surface area contributed by atoms with E-state index >= 15 is 0 Å². The molecule has 2 fully saturated rings. The average molecular weight is 342 g/mol.